The second-order valence-electron chi connectivity index (χ2n) is 4.84. The molecule has 0 saturated heterocycles. The van der Waals surface area contributed by atoms with Gasteiger partial charge in [-0.25, -0.2) is 0 Å². The zero-order valence-corrected chi connectivity index (χ0v) is 10.7. The Morgan fingerprint density at radius 1 is 1.36 bits per heavy atom. The molecule has 0 spiro atoms. The maximum atomic E-state index is 3.69. The Bertz CT molecular complexity index is 147. The van der Waals surface area contributed by atoms with Gasteiger partial charge < -0.3 is 5.32 Å². The molecule has 0 aromatic rings. The Hall–Kier alpha value is 0.310. The molecule has 0 bridgehead atoms. The Labute approximate surface area is 93.4 Å². The minimum atomic E-state index is 0.780. The van der Waals surface area contributed by atoms with Crippen molar-refractivity contribution in [3.05, 3.63) is 0 Å². The second-order valence-corrected chi connectivity index (χ2v) is 6.53. The smallest absolute Gasteiger partial charge is 0.00699 e. The van der Waals surface area contributed by atoms with Crippen LogP contribution in [0.5, 0.6) is 0 Å². The highest BCUT2D eigenvalue weighted by Gasteiger charge is 2.17. The molecule has 14 heavy (non-hydrogen) atoms. The van der Waals surface area contributed by atoms with Crippen LogP contribution in [0.2, 0.25) is 0 Å². The quantitative estimate of drug-likeness (QED) is 0.706. The van der Waals surface area contributed by atoms with Crippen LogP contribution in [0.3, 0.4) is 0 Å². The van der Waals surface area contributed by atoms with Crippen molar-refractivity contribution < 1.29 is 0 Å². The van der Waals surface area contributed by atoms with E-state index in [1.54, 1.807) is 0 Å². The molecule has 1 nitrogen and oxygen atoms in total. The van der Waals surface area contributed by atoms with Crippen molar-refractivity contribution >= 4 is 11.8 Å². The molecule has 1 aliphatic carbocycles. The van der Waals surface area contributed by atoms with E-state index < -0.39 is 0 Å². The molecular weight excluding hydrogens is 190 g/mol. The van der Waals surface area contributed by atoms with E-state index in [-0.39, 0.29) is 0 Å². The third-order valence-corrected chi connectivity index (χ3v) is 4.03. The van der Waals surface area contributed by atoms with Crippen LogP contribution in [0.1, 0.15) is 46.5 Å². The summed E-state index contributed by atoms with van der Waals surface area (Å²) in [6.45, 7) is 8.12. The highest BCUT2D eigenvalue weighted by molar-refractivity contribution is 7.99. The second kappa shape index (κ2) is 6.73. The van der Waals surface area contributed by atoms with Crippen molar-refractivity contribution in [3.63, 3.8) is 0 Å². The number of nitrogens with one attached hydrogen (secondary N) is 1. The summed E-state index contributed by atoms with van der Waals surface area (Å²) in [5.41, 5.74) is 0. The summed E-state index contributed by atoms with van der Waals surface area (Å²) >= 11 is 2.06. The van der Waals surface area contributed by atoms with Gasteiger partial charge in [-0.2, -0.15) is 11.8 Å². The maximum absolute atomic E-state index is 3.69. The summed E-state index contributed by atoms with van der Waals surface area (Å²) in [6.07, 6.45) is 5.66. The van der Waals surface area contributed by atoms with E-state index in [1.165, 1.54) is 38.0 Å². The van der Waals surface area contributed by atoms with Crippen molar-refractivity contribution in [2.75, 3.05) is 12.3 Å². The van der Waals surface area contributed by atoms with E-state index in [4.69, 9.17) is 0 Å². The van der Waals surface area contributed by atoms with Gasteiger partial charge in [0.15, 0.2) is 0 Å². The van der Waals surface area contributed by atoms with Gasteiger partial charge in [0, 0.05) is 18.3 Å². The summed E-state index contributed by atoms with van der Waals surface area (Å²) < 4.78 is 0. The van der Waals surface area contributed by atoms with Gasteiger partial charge in [-0.05, 0) is 24.0 Å². The van der Waals surface area contributed by atoms with Gasteiger partial charge in [-0.15, -0.1) is 0 Å². The van der Waals surface area contributed by atoms with Gasteiger partial charge in [0.25, 0.3) is 0 Å². The fourth-order valence-electron chi connectivity index (χ4n) is 2.18. The molecule has 0 radical (unpaired) electrons. The van der Waals surface area contributed by atoms with Crippen molar-refractivity contribution in [3.8, 4) is 0 Å². The topological polar surface area (TPSA) is 12.0 Å². The average Bonchev–Trinajstić information content (AvgIpc) is 2.12. The van der Waals surface area contributed by atoms with Gasteiger partial charge in [0.05, 0.1) is 0 Å². The Balaban J connectivity index is 2.00. The Morgan fingerprint density at radius 2 is 2.14 bits per heavy atom. The molecule has 0 aromatic carbocycles. The van der Waals surface area contributed by atoms with Crippen LogP contribution in [-0.2, 0) is 0 Å². The number of thioether (sulfide) groups is 1. The fourth-order valence-corrected chi connectivity index (χ4v) is 2.88. The lowest BCUT2D eigenvalue weighted by molar-refractivity contribution is 0.306. The molecule has 2 atom stereocenters. The SMILES string of the molecule is CC1CCCC(NCCSC(C)C)C1. The molecular formula is C12H25NS. The van der Waals surface area contributed by atoms with E-state index in [9.17, 15) is 0 Å². The van der Waals surface area contributed by atoms with Crippen LogP contribution in [0.25, 0.3) is 0 Å². The summed E-state index contributed by atoms with van der Waals surface area (Å²) in [4.78, 5) is 0. The molecule has 0 aromatic heterocycles. The Morgan fingerprint density at radius 3 is 2.79 bits per heavy atom. The number of hydrogen-bond donors (Lipinski definition) is 1. The Kier molecular flexibility index (Phi) is 5.95. The van der Waals surface area contributed by atoms with Crippen LogP contribution in [0.4, 0.5) is 0 Å². The van der Waals surface area contributed by atoms with Gasteiger partial charge in [0.2, 0.25) is 0 Å². The largest absolute Gasteiger partial charge is 0.313 e. The minimum Gasteiger partial charge on any atom is -0.313 e. The normalized spacial score (nSPS) is 28.3. The van der Waals surface area contributed by atoms with Crippen LogP contribution in [0.15, 0.2) is 0 Å². The third-order valence-electron chi connectivity index (χ3n) is 2.92. The lowest BCUT2D eigenvalue weighted by atomic mass is 9.87. The average molecular weight is 215 g/mol. The summed E-state index contributed by atoms with van der Waals surface area (Å²) in [5.74, 6) is 2.21. The zero-order chi connectivity index (χ0) is 10.4. The van der Waals surface area contributed by atoms with Crippen LogP contribution in [0, 0.1) is 5.92 Å². The van der Waals surface area contributed by atoms with Crippen LogP contribution >= 0.6 is 11.8 Å². The highest BCUT2D eigenvalue weighted by Crippen LogP contribution is 2.23. The van der Waals surface area contributed by atoms with Gasteiger partial charge in [-0.1, -0.05) is 33.6 Å². The minimum absolute atomic E-state index is 0.780. The maximum Gasteiger partial charge on any atom is 0.00699 e. The van der Waals surface area contributed by atoms with Gasteiger partial charge in [-0.3, -0.25) is 0 Å². The first-order valence-electron chi connectivity index (χ1n) is 6.03. The first-order valence-corrected chi connectivity index (χ1v) is 7.08. The van der Waals surface area contributed by atoms with Crippen molar-refractivity contribution in [1.82, 2.24) is 5.32 Å². The molecule has 1 saturated carbocycles. The summed E-state index contributed by atoms with van der Waals surface area (Å²) in [5, 5.41) is 4.47. The molecule has 1 N–H and O–H groups in total. The van der Waals surface area contributed by atoms with E-state index in [0.29, 0.717) is 0 Å². The first-order chi connectivity index (χ1) is 6.68. The lowest BCUT2D eigenvalue weighted by Crippen LogP contribution is -2.35. The number of hydrogen-bond acceptors (Lipinski definition) is 2. The summed E-state index contributed by atoms with van der Waals surface area (Å²) in [6, 6.07) is 0.812. The van der Waals surface area contributed by atoms with Crippen LogP contribution < -0.4 is 5.32 Å². The monoisotopic (exact) mass is 215 g/mol. The molecule has 0 aliphatic heterocycles. The summed E-state index contributed by atoms with van der Waals surface area (Å²) in [7, 11) is 0. The lowest BCUT2D eigenvalue weighted by Gasteiger charge is -2.27. The molecule has 2 heteroatoms. The molecule has 0 amide bonds. The van der Waals surface area contributed by atoms with E-state index in [0.717, 1.165) is 17.2 Å². The zero-order valence-electron chi connectivity index (χ0n) is 9.88. The molecule has 2 unspecified atom stereocenters. The number of rotatable bonds is 5. The first kappa shape index (κ1) is 12.4. The standard InChI is InChI=1S/C12H25NS/c1-10(2)14-8-7-13-12-6-4-5-11(3)9-12/h10-13H,4-9H2,1-3H3. The fraction of sp³-hybridized carbons (Fsp3) is 1.00. The van der Waals surface area contributed by atoms with Crippen molar-refractivity contribution in [1.29, 1.82) is 0 Å². The third kappa shape index (κ3) is 5.26. The van der Waals surface area contributed by atoms with Crippen LogP contribution in [-0.4, -0.2) is 23.6 Å². The molecule has 1 fully saturated rings. The predicted octanol–water partition coefficient (Wildman–Crippen LogP) is 3.30. The molecule has 1 aliphatic rings. The van der Waals surface area contributed by atoms with Crippen molar-refractivity contribution in [2.24, 2.45) is 5.92 Å². The van der Waals surface area contributed by atoms with E-state index in [2.05, 4.69) is 37.8 Å². The van der Waals surface area contributed by atoms with E-state index in [1.807, 2.05) is 0 Å². The van der Waals surface area contributed by atoms with E-state index >= 15 is 0 Å². The molecule has 0 heterocycles. The van der Waals surface area contributed by atoms with Gasteiger partial charge >= 0.3 is 0 Å². The van der Waals surface area contributed by atoms with Gasteiger partial charge in [0.1, 0.15) is 0 Å². The molecule has 84 valence electrons. The molecule has 1 rings (SSSR count). The highest BCUT2D eigenvalue weighted by atomic mass is 32.2. The van der Waals surface area contributed by atoms with Crippen molar-refractivity contribution in [2.45, 2.75) is 57.7 Å². The predicted molar refractivity (Wildman–Crippen MR) is 67.0 cm³/mol.